The number of hydrogen-bond donors (Lipinski definition) is 2. The van der Waals surface area contributed by atoms with E-state index in [0.717, 1.165) is 37.1 Å². The van der Waals surface area contributed by atoms with Crippen LogP contribution in [0.3, 0.4) is 0 Å². The molecule has 0 radical (unpaired) electrons. The molecule has 0 spiro atoms. The standard InChI is InChI=1S/C15H19F3N2O/c1-10(20-14(21)13-3-2-8-19-13)9-11-4-6-12(7-5-11)15(16,17)18/h4-7,10,13,19H,2-3,8-9H2,1H3,(H,20,21). The number of carbonyl (C=O) groups excluding carboxylic acids is 1. The predicted octanol–water partition coefficient (Wildman–Crippen LogP) is 2.50. The zero-order chi connectivity index (χ0) is 15.5. The number of benzene rings is 1. The summed E-state index contributed by atoms with van der Waals surface area (Å²) < 4.78 is 37.4. The van der Waals surface area contributed by atoms with E-state index in [4.69, 9.17) is 0 Å². The molecular formula is C15H19F3N2O. The minimum absolute atomic E-state index is 0.0353. The molecule has 21 heavy (non-hydrogen) atoms. The van der Waals surface area contributed by atoms with Crippen molar-refractivity contribution >= 4 is 5.91 Å². The van der Waals surface area contributed by atoms with Gasteiger partial charge in [0, 0.05) is 6.04 Å². The maximum absolute atomic E-state index is 12.5. The first kappa shape index (κ1) is 15.8. The normalized spacial score (nSPS) is 20.3. The molecule has 1 aliphatic rings. The lowest BCUT2D eigenvalue weighted by Gasteiger charge is -2.17. The molecule has 3 nitrogen and oxygen atoms in total. The number of carbonyl (C=O) groups is 1. The van der Waals surface area contributed by atoms with Crippen LogP contribution in [-0.4, -0.2) is 24.5 Å². The maximum atomic E-state index is 12.5. The molecule has 6 heteroatoms. The fraction of sp³-hybridized carbons (Fsp3) is 0.533. The quantitative estimate of drug-likeness (QED) is 0.897. The molecule has 0 aromatic heterocycles. The first-order valence-corrected chi connectivity index (χ1v) is 7.06. The molecule has 0 saturated carbocycles. The molecule has 2 unspecified atom stereocenters. The summed E-state index contributed by atoms with van der Waals surface area (Å²) in [5, 5.41) is 6.00. The molecule has 2 atom stereocenters. The van der Waals surface area contributed by atoms with E-state index in [9.17, 15) is 18.0 Å². The molecule has 0 bridgehead atoms. The summed E-state index contributed by atoms with van der Waals surface area (Å²) in [4.78, 5) is 11.9. The molecule has 1 aliphatic heterocycles. The van der Waals surface area contributed by atoms with Gasteiger partial charge < -0.3 is 10.6 Å². The molecule has 1 heterocycles. The van der Waals surface area contributed by atoms with Crippen LogP contribution in [0.1, 0.15) is 30.9 Å². The van der Waals surface area contributed by atoms with Crippen molar-refractivity contribution in [3.8, 4) is 0 Å². The van der Waals surface area contributed by atoms with Crippen molar-refractivity contribution in [1.82, 2.24) is 10.6 Å². The van der Waals surface area contributed by atoms with Crippen LogP contribution in [0, 0.1) is 0 Å². The van der Waals surface area contributed by atoms with Crippen molar-refractivity contribution in [1.29, 1.82) is 0 Å². The monoisotopic (exact) mass is 300 g/mol. The Morgan fingerprint density at radius 3 is 2.57 bits per heavy atom. The third-order valence-corrected chi connectivity index (χ3v) is 3.59. The van der Waals surface area contributed by atoms with E-state index in [2.05, 4.69) is 10.6 Å². The van der Waals surface area contributed by atoms with Crippen LogP contribution in [0.5, 0.6) is 0 Å². The van der Waals surface area contributed by atoms with Crippen molar-refractivity contribution < 1.29 is 18.0 Å². The fourth-order valence-electron chi connectivity index (χ4n) is 2.49. The van der Waals surface area contributed by atoms with Gasteiger partial charge in [-0.05, 0) is 50.4 Å². The van der Waals surface area contributed by atoms with Crippen molar-refractivity contribution in [2.75, 3.05) is 6.54 Å². The molecule has 1 aromatic rings. The predicted molar refractivity (Wildman–Crippen MR) is 73.8 cm³/mol. The summed E-state index contributed by atoms with van der Waals surface area (Å²) in [7, 11) is 0. The lowest BCUT2D eigenvalue weighted by Crippen LogP contribution is -2.44. The molecule has 2 rings (SSSR count). The Labute approximate surface area is 121 Å². The number of amides is 1. The summed E-state index contributed by atoms with van der Waals surface area (Å²) in [5.74, 6) is -0.0353. The summed E-state index contributed by atoms with van der Waals surface area (Å²) in [6.07, 6.45) is -1.98. The SMILES string of the molecule is CC(Cc1ccc(C(F)(F)F)cc1)NC(=O)C1CCCN1. The fourth-order valence-corrected chi connectivity index (χ4v) is 2.49. The number of rotatable bonds is 4. The van der Waals surface area contributed by atoms with Crippen LogP contribution < -0.4 is 10.6 Å². The van der Waals surface area contributed by atoms with Crippen LogP contribution in [0.15, 0.2) is 24.3 Å². The van der Waals surface area contributed by atoms with Gasteiger partial charge >= 0.3 is 6.18 Å². The molecule has 116 valence electrons. The second kappa shape index (κ2) is 6.47. The topological polar surface area (TPSA) is 41.1 Å². The zero-order valence-corrected chi connectivity index (χ0v) is 11.8. The van der Waals surface area contributed by atoms with E-state index in [1.165, 1.54) is 12.1 Å². The Balaban J connectivity index is 1.87. The van der Waals surface area contributed by atoms with E-state index in [-0.39, 0.29) is 18.0 Å². The average molecular weight is 300 g/mol. The van der Waals surface area contributed by atoms with Gasteiger partial charge in [-0.25, -0.2) is 0 Å². The zero-order valence-electron chi connectivity index (χ0n) is 11.8. The molecule has 1 aromatic carbocycles. The van der Waals surface area contributed by atoms with Gasteiger partial charge in [0.1, 0.15) is 0 Å². The lowest BCUT2D eigenvalue weighted by atomic mass is 10.0. The Bertz CT molecular complexity index is 479. The minimum atomic E-state index is -4.31. The summed E-state index contributed by atoms with van der Waals surface area (Å²) in [6.45, 7) is 2.70. The summed E-state index contributed by atoms with van der Waals surface area (Å²) in [6, 6.07) is 4.81. The molecule has 0 aliphatic carbocycles. The van der Waals surface area contributed by atoms with E-state index >= 15 is 0 Å². The maximum Gasteiger partial charge on any atom is 0.416 e. The van der Waals surface area contributed by atoms with Crippen LogP contribution in [-0.2, 0) is 17.4 Å². The Kier molecular flexibility index (Phi) is 4.88. The van der Waals surface area contributed by atoms with E-state index in [1.54, 1.807) is 0 Å². The highest BCUT2D eigenvalue weighted by Crippen LogP contribution is 2.29. The van der Waals surface area contributed by atoms with E-state index < -0.39 is 11.7 Å². The molecule has 1 fully saturated rings. The highest BCUT2D eigenvalue weighted by molar-refractivity contribution is 5.82. The van der Waals surface area contributed by atoms with E-state index in [0.29, 0.717) is 6.42 Å². The highest BCUT2D eigenvalue weighted by Gasteiger charge is 2.30. The van der Waals surface area contributed by atoms with Crippen molar-refractivity contribution in [2.45, 2.75) is 44.4 Å². The van der Waals surface area contributed by atoms with Gasteiger partial charge in [-0.3, -0.25) is 4.79 Å². The Hall–Kier alpha value is -1.56. The second-order valence-corrected chi connectivity index (χ2v) is 5.46. The van der Waals surface area contributed by atoms with Gasteiger partial charge in [-0.2, -0.15) is 13.2 Å². The Morgan fingerprint density at radius 1 is 1.38 bits per heavy atom. The lowest BCUT2D eigenvalue weighted by molar-refractivity contribution is -0.137. The van der Waals surface area contributed by atoms with Crippen LogP contribution in [0.2, 0.25) is 0 Å². The highest BCUT2D eigenvalue weighted by atomic mass is 19.4. The third kappa shape index (κ3) is 4.46. The van der Waals surface area contributed by atoms with Crippen LogP contribution >= 0.6 is 0 Å². The minimum Gasteiger partial charge on any atom is -0.352 e. The van der Waals surface area contributed by atoms with E-state index in [1.807, 2.05) is 6.92 Å². The molecule has 2 N–H and O–H groups in total. The van der Waals surface area contributed by atoms with Gasteiger partial charge in [0.2, 0.25) is 5.91 Å². The van der Waals surface area contributed by atoms with Crippen LogP contribution in [0.4, 0.5) is 13.2 Å². The summed E-state index contributed by atoms with van der Waals surface area (Å²) >= 11 is 0. The smallest absolute Gasteiger partial charge is 0.352 e. The van der Waals surface area contributed by atoms with Crippen molar-refractivity contribution in [3.05, 3.63) is 35.4 Å². The van der Waals surface area contributed by atoms with Crippen molar-refractivity contribution in [3.63, 3.8) is 0 Å². The Morgan fingerprint density at radius 2 is 2.05 bits per heavy atom. The van der Waals surface area contributed by atoms with Gasteiger partial charge in [-0.1, -0.05) is 12.1 Å². The molecular weight excluding hydrogens is 281 g/mol. The number of halogens is 3. The second-order valence-electron chi connectivity index (χ2n) is 5.46. The number of hydrogen-bond acceptors (Lipinski definition) is 2. The average Bonchev–Trinajstić information content (AvgIpc) is 2.92. The largest absolute Gasteiger partial charge is 0.416 e. The third-order valence-electron chi connectivity index (χ3n) is 3.59. The molecule has 1 saturated heterocycles. The van der Waals surface area contributed by atoms with Gasteiger partial charge in [0.15, 0.2) is 0 Å². The number of alkyl halides is 3. The number of nitrogens with one attached hydrogen (secondary N) is 2. The van der Waals surface area contributed by atoms with Gasteiger partial charge in [-0.15, -0.1) is 0 Å². The summed E-state index contributed by atoms with van der Waals surface area (Å²) in [5.41, 5.74) is 0.119. The first-order valence-electron chi connectivity index (χ1n) is 7.06. The van der Waals surface area contributed by atoms with Gasteiger partial charge in [0.05, 0.1) is 11.6 Å². The first-order chi connectivity index (χ1) is 9.86. The molecule has 1 amide bonds. The van der Waals surface area contributed by atoms with Crippen LogP contribution in [0.25, 0.3) is 0 Å². The van der Waals surface area contributed by atoms with Gasteiger partial charge in [0.25, 0.3) is 0 Å². The van der Waals surface area contributed by atoms with Crippen molar-refractivity contribution in [2.24, 2.45) is 0 Å².